The molecule has 1 aromatic carbocycles. The zero-order valence-corrected chi connectivity index (χ0v) is 12.7. The third-order valence-electron chi connectivity index (χ3n) is 3.17. The predicted molar refractivity (Wildman–Crippen MR) is 82.2 cm³/mol. The van der Waals surface area contributed by atoms with Gasteiger partial charge in [-0.1, -0.05) is 13.0 Å². The number of halogens is 1. The molecule has 0 aliphatic carbocycles. The second kappa shape index (κ2) is 6.75. The van der Waals surface area contributed by atoms with Crippen molar-refractivity contribution in [3.8, 4) is 0 Å². The normalized spacial score (nSPS) is 10.9. The fraction of sp³-hybridized carbons (Fsp3) is 0.467. The summed E-state index contributed by atoms with van der Waals surface area (Å²) < 4.78 is 1.96. The van der Waals surface area contributed by atoms with E-state index in [0.717, 1.165) is 28.8 Å². The average Bonchev–Trinajstić information content (AvgIpc) is 2.74. The molecule has 1 amide bonds. The minimum atomic E-state index is 0.0162. The number of carbonyl (C=O) groups excluding carboxylic acids is 1. The number of fused-ring (bicyclic) bond motifs is 1. The molecular formula is C15H20ClN3O. The molecule has 0 radical (unpaired) electrons. The van der Waals surface area contributed by atoms with E-state index in [1.54, 1.807) is 0 Å². The standard InChI is InChI=1S/C15H20ClN3O/c1-3-8-17-15(20)10-19-13-5-4-11(2)9-12(13)18-14(19)6-7-16/h4-5,9H,3,6-8,10H2,1-2H3,(H,17,20). The summed E-state index contributed by atoms with van der Waals surface area (Å²) in [4.78, 5) is 16.5. The molecule has 1 N–H and O–H groups in total. The van der Waals surface area contributed by atoms with E-state index in [9.17, 15) is 4.79 Å². The van der Waals surface area contributed by atoms with E-state index in [0.29, 0.717) is 25.4 Å². The molecule has 0 fully saturated rings. The number of nitrogens with one attached hydrogen (secondary N) is 1. The minimum Gasteiger partial charge on any atom is -0.355 e. The number of amides is 1. The van der Waals surface area contributed by atoms with E-state index in [-0.39, 0.29) is 5.91 Å². The van der Waals surface area contributed by atoms with E-state index in [1.165, 1.54) is 0 Å². The highest BCUT2D eigenvalue weighted by atomic mass is 35.5. The van der Waals surface area contributed by atoms with Crippen molar-refractivity contribution >= 4 is 28.5 Å². The lowest BCUT2D eigenvalue weighted by molar-refractivity contribution is -0.121. The van der Waals surface area contributed by atoms with Gasteiger partial charge in [-0.15, -0.1) is 11.6 Å². The van der Waals surface area contributed by atoms with Gasteiger partial charge in [0.05, 0.1) is 11.0 Å². The van der Waals surface area contributed by atoms with Gasteiger partial charge in [0.2, 0.25) is 5.91 Å². The van der Waals surface area contributed by atoms with Gasteiger partial charge >= 0.3 is 0 Å². The first kappa shape index (κ1) is 14.9. The van der Waals surface area contributed by atoms with Crippen molar-refractivity contribution in [2.75, 3.05) is 12.4 Å². The van der Waals surface area contributed by atoms with Gasteiger partial charge in [-0.05, 0) is 31.0 Å². The first-order valence-electron chi connectivity index (χ1n) is 6.94. The van der Waals surface area contributed by atoms with Crippen LogP contribution in [0.25, 0.3) is 11.0 Å². The highest BCUT2D eigenvalue weighted by Crippen LogP contribution is 2.18. The Morgan fingerprint density at radius 1 is 1.45 bits per heavy atom. The number of aryl methyl sites for hydroxylation is 2. The van der Waals surface area contributed by atoms with E-state index in [1.807, 2.05) is 36.6 Å². The molecule has 0 spiro atoms. The van der Waals surface area contributed by atoms with Crippen molar-refractivity contribution in [2.24, 2.45) is 0 Å². The van der Waals surface area contributed by atoms with Gasteiger partial charge in [0.15, 0.2) is 0 Å². The third-order valence-corrected chi connectivity index (χ3v) is 3.36. The summed E-state index contributed by atoms with van der Waals surface area (Å²) in [7, 11) is 0. The molecule has 5 heteroatoms. The average molecular weight is 294 g/mol. The lowest BCUT2D eigenvalue weighted by Crippen LogP contribution is -2.28. The number of carbonyl (C=O) groups is 1. The highest BCUT2D eigenvalue weighted by Gasteiger charge is 2.13. The van der Waals surface area contributed by atoms with Crippen LogP contribution in [0.4, 0.5) is 0 Å². The number of hydrogen-bond donors (Lipinski definition) is 1. The topological polar surface area (TPSA) is 46.9 Å². The number of aromatic nitrogens is 2. The Kier molecular flexibility index (Phi) is 5.01. The van der Waals surface area contributed by atoms with Gasteiger partial charge in [-0.25, -0.2) is 4.98 Å². The fourth-order valence-electron chi connectivity index (χ4n) is 2.21. The molecule has 4 nitrogen and oxygen atoms in total. The van der Waals surface area contributed by atoms with Crippen molar-refractivity contribution < 1.29 is 4.79 Å². The van der Waals surface area contributed by atoms with Crippen LogP contribution in [0.5, 0.6) is 0 Å². The SMILES string of the molecule is CCCNC(=O)Cn1c(CCCl)nc2cc(C)ccc21. The van der Waals surface area contributed by atoms with Crippen LogP contribution >= 0.6 is 11.6 Å². The molecule has 2 rings (SSSR count). The zero-order valence-electron chi connectivity index (χ0n) is 11.9. The van der Waals surface area contributed by atoms with Gasteiger partial charge in [-0.3, -0.25) is 4.79 Å². The maximum Gasteiger partial charge on any atom is 0.240 e. The highest BCUT2D eigenvalue weighted by molar-refractivity contribution is 6.17. The van der Waals surface area contributed by atoms with Gasteiger partial charge < -0.3 is 9.88 Å². The number of hydrogen-bond acceptors (Lipinski definition) is 2. The summed E-state index contributed by atoms with van der Waals surface area (Å²) in [6.07, 6.45) is 1.60. The number of rotatable bonds is 6. The number of benzene rings is 1. The van der Waals surface area contributed by atoms with Crippen LogP contribution in [0.1, 0.15) is 24.7 Å². The maximum atomic E-state index is 11.9. The maximum absolute atomic E-state index is 11.9. The summed E-state index contributed by atoms with van der Waals surface area (Å²) >= 11 is 5.83. The van der Waals surface area contributed by atoms with Crippen LogP contribution in [0.15, 0.2) is 18.2 Å². The van der Waals surface area contributed by atoms with Crippen LogP contribution in [-0.2, 0) is 17.8 Å². The Bertz CT molecular complexity index is 606. The van der Waals surface area contributed by atoms with Gasteiger partial charge in [0.25, 0.3) is 0 Å². The van der Waals surface area contributed by atoms with E-state index in [2.05, 4.69) is 10.3 Å². The molecule has 0 aliphatic rings. The van der Waals surface area contributed by atoms with Crippen LogP contribution in [0, 0.1) is 6.92 Å². The van der Waals surface area contributed by atoms with Crippen molar-refractivity contribution in [1.29, 1.82) is 0 Å². The van der Waals surface area contributed by atoms with Crippen molar-refractivity contribution in [3.05, 3.63) is 29.6 Å². The lowest BCUT2D eigenvalue weighted by Gasteiger charge is -2.09. The number of nitrogens with zero attached hydrogens (tertiary/aromatic N) is 2. The molecule has 0 bridgehead atoms. The van der Waals surface area contributed by atoms with Crippen LogP contribution in [-0.4, -0.2) is 27.9 Å². The Labute approximate surface area is 124 Å². The van der Waals surface area contributed by atoms with E-state index in [4.69, 9.17) is 11.6 Å². The molecule has 0 unspecified atom stereocenters. The largest absolute Gasteiger partial charge is 0.355 e. The summed E-state index contributed by atoms with van der Waals surface area (Å²) in [6, 6.07) is 6.09. The summed E-state index contributed by atoms with van der Waals surface area (Å²) in [5.41, 5.74) is 3.07. The van der Waals surface area contributed by atoms with Crippen molar-refractivity contribution in [1.82, 2.24) is 14.9 Å². The van der Waals surface area contributed by atoms with Crippen LogP contribution in [0.3, 0.4) is 0 Å². The number of imidazole rings is 1. The second-order valence-corrected chi connectivity index (χ2v) is 5.27. The fourth-order valence-corrected chi connectivity index (χ4v) is 2.37. The van der Waals surface area contributed by atoms with Crippen LogP contribution < -0.4 is 5.32 Å². The molecule has 108 valence electrons. The second-order valence-electron chi connectivity index (χ2n) is 4.90. The molecule has 1 heterocycles. The van der Waals surface area contributed by atoms with Gasteiger partial charge in [-0.2, -0.15) is 0 Å². The monoisotopic (exact) mass is 293 g/mol. The van der Waals surface area contributed by atoms with E-state index < -0.39 is 0 Å². The lowest BCUT2D eigenvalue weighted by atomic mass is 10.2. The Balaban J connectivity index is 2.33. The van der Waals surface area contributed by atoms with Crippen molar-refractivity contribution in [3.63, 3.8) is 0 Å². The molecule has 0 saturated heterocycles. The number of alkyl halides is 1. The Morgan fingerprint density at radius 3 is 2.95 bits per heavy atom. The predicted octanol–water partition coefficient (Wildman–Crippen LogP) is 2.65. The van der Waals surface area contributed by atoms with E-state index >= 15 is 0 Å². The molecule has 1 aromatic heterocycles. The molecule has 0 saturated carbocycles. The molecular weight excluding hydrogens is 274 g/mol. The molecule has 2 aromatic rings. The molecule has 0 atom stereocenters. The minimum absolute atomic E-state index is 0.0162. The third kappa shape index (κ3) is 3.31. The summed E-state index contributed by atoms with van der Waals surface area (Å²) in [5.74, 6) is 1.38. The Hall–Kier alpha value is -1.55. The van der Waals surface area contributed by atoms with Gasteiger partial charge in [0.1, 0.15) is 12.4 Å². The first-order chi connectivity index (χ1) is 9.65. The summed E-state index contributed by atoms with van der Waals surface area (Å²) in [5, 5.41) is 2.90. The quantitative estimate of drug-likeness (QED) is 0.832. The Morgan fingerprint density at radius 2 is 2.25 bits per heavy atom. The summed E-state index contributed by atoms with van der Waals surface area (Å²) in [6.45, 7) is 5.07. The van der Waals surface area contributed by atoms with Gasteiger partial charge in [0, 0.05) is 18.8 Å². The van der Waals surface area contributed by atoms with Crippen LogP contribution in [0.2, 0.25) is 0 Å². The van der Waals surface area contributed by atoms with Crippen molar-refractivity contribution in [2.45, 2.75) is 33.2 Å². The first-order valence-corrected chi connectivity index (χ1v) is 7.47. The molecule has 20 heavy (non-hydrogen) atoms. The molecule has 0 aliphatic heterocycles. The smallest absolute Gasteiger partial charge is 0.240 e. The zero-order chi connectivity index (χ0) is 14.5.